The van der Waals surface area contributed by atoms with Crippen LogP contribution >= 0.6 is 23.4 Å². The maximum absolute atomic E-state index is 8.63. The summed E-state index contributed by atoms with van der Waals surface area (Å²) in [5, 5.41) is 21.1. The van der Waals surface area contributed by atoms with Crippen LogP contribution in [0.1, 0.15) is 17.0 Å². The third kappa shape index (κ3) is 3.05. The molecular weight excluding hydrogens is 298 g/mol. The van der Waals surface area contributed by atoms with Crippen molar-refractivity contribution in [1.29, 1.82) is 0 Å². The van der Waals surface area contributed by atoms with Gasteiger partial charge in [0.05, 0.1) is 0 Å². The number of nitrogens with two attached hydrogens (primary N) is 1. The highest BCUT2D eigenvalue weighted by molar-refractivity contribution is 7.98. The number of benzene rings is 1. The molecule has 8 heteroatoms. The average Bonchev–Trinajstić information content (AvgIpc) is 2.76. The van der Waals surface area contributed by atoms with Crippen LogP contribution in [-0.4, -0.2) is 25.8 Å². The van der Waals surface area contributed by atoms with E-state index in [1.165, 1.54) is 0 Å². The molecule has 0 saturated heterocycles. The van der Waals surface area contributed by atoms with Crippen molar-refractivity contribution in [3.05, 3.63) is 40.2 Å². The van der Waals surface area contributed by atoms with Gasteiger partial charge in [0.2, 0.25) is 0 Å². The molecule has 0 saturated carbocycles. The van der Waals surface area contributed by atoms with Gasteiger partial charge in [0, 0.05) is 23.4 Å². The van der Waals surface area contributed by atoms with Gasteiger partial charge in [-0.2, -0.15) is 0 Å². The summed E-state index contributed by atoms with van der Waals surface area (Å²) in [5.41, 5.74) is 7.05. The number of rotatable bonds is 4. The highest BCUT2D eigenvalue weighted by Crippen LogP contribution is 2.26. The molecule has 1 heterocycles. The van der Waals surface area contributed by atoms with Crippen LogP contribution in [0.2, 0.25) is 5.02 Å². The molecule has 2 rings (SSSR count). The number of thioether (sulfide) groups is 1. The number of nitrogens with zero attached hydrogens (tertiary/aromatic N) is 4. The van der Waals surface area contributed by atoms with E-state index < -0.39 is 0 Å². The lowest BCUT2D eigenvalue weighted by Crippen LogP contribution is -2.13. The molecule has 3 N–H and O–H groups in total. The first-order valence-corrected chi connectivity index (χ1v) is 7.14. The number of aryl methyl sites for hydroxylation is 1. The van der Waals surface area contributed by atoms with Crippen molar-refractivity contribution in [2.24, 2.45) is 17.9 Å². The Kier molecular flexibility index (Phi) is 4.51. The first-order chi connectivity index (χ1) is 9.52. The minimum atomic E-state index is 0.0371. The van der Waals surface area contributed by atoms with Crippen LogP contribution in [0.4, 0.5) is 0 Å². The molecule has 0 fully saturated rings. The van der Waals surface area contributed by atoms with E-state index in [1.54, 1.807) is 23.9 Å². The molecule has 106 valence electrons. The van der Waals surface area contributed by atoms with Gasteiger partial charge in [-0.05, 0) is 18.6 Å². The number of aromatic nitrogens is 3. The number of halogens is 1. The number of oxime groups is 1. The molecule has 6 nitrogen and oxygen atoms in total. The van der Waals surface area contributed by atoms with E-state index in [9.17, 15) is 0 Å². The molecule has 20 heavy (non-hydrogen) atoms. The maximum atomic E-state index is 8.63. The van der Waals surface area contributed by atoms with Crippen LogP contribution in [0.25, 0.3) is 0 Å². The Morgan fingerprint density at radius 2 is 2.25 bits per heavy atom. The van der Waals surface area contributed by atoms with Gasteiger partial charge < -0.3 is 15.5 Å². The van der Waals surface area contributed by atoms with Crippen LogP contribution < -0.4 is 5.73 Å². The highest BCUT2D eigenvalue weighted by Gasteiger charge is 2.09. The fraction of sp³-hybridized carbons (Fsp3) is 0.250. The molecule has 0 radical (unpaired) electrons. The molecule has 0 aliphatic rings. The van der Waals surface area contributed by atoms with Gasteiger partial charge in [0.1, 0.15) is 5.82 Å². The van der Waals surface area contributed by atoms with E-state index in [-0.39, 0.29) is 5.84 Å². The second kappa shape index (κ2) is 6.15. The first-order valence-electron chi connectivity index (χ1n) is 5.78. The fourth-order valence-corrected chi connectivity index (χ4v) is 2.82. The lowest BCUT2D eigenvalue weighted by Gasteiger charge is -2.06. The highest BCUT2D eigenvalue weighted by atomic mass is 35.5. The predicted octanol–water partition coefficient (Wildman–Crippen LogP) is 2.16. The third-order valence-corrected chi connectivity index (χ3v) is 4.29. The topological polar surface area (TPSA) is 89.3 Å². The van der Waals surface area contributed by atoms with Gasteiger partial charge in [-0.25, -0.2) is 0 Å². The summed E-state index contributed by atoms with van der Waals surface area (Å²) in [4.78, 5) is 0. The van der Waals surface area contributed by atoms with E-state index in [0.29, 0.717) is 16.3 Å². The Bertz CT molecular complexity index is 655. The molecule has 0 unspecified atom stereocenters. The van der Waals surface area contributed by atoms with Gasteiger partial charge in [-0.3, -0.25) is 0 Å². The Morgan fingerprint density at radius 3 is 2.80 bits per heavy atom. The van der Waals surface area contributed by atoms with Crippen molar-refractivity contribution >= 4 is 29.2 Å². The second-order valence-corrected chi connectivity index (χ2v) is 5.52. The summed E-state index contributed by atoms with van der Waals surface area (Å²) < 4.78 is 1.92. The normalized spacial score (nSPS) is 11.8. The third-order valence-electron chi connectivity index (χ3n) is 2.87. The molecule has 2 aromatic rings. The minimum Gasteiger partial charge on any atom is -0.409 e. The Labute approximate surface area is 125 Å². The zero-order valence-corrected chi connectivity index (χ0v) is 12.6. The molecular formula is C12H14ClN5OS. The Hall–Kier alpha value is -1.73. The van der Waals surface area contributed by atoms with Crippen molar-refractivity contribution in [2.75, 3.05) is 0 Å². The van der Waals surface area contributed by atoms with Crippen LogP contribution in [0, 0.1) is 6.92 Å². The molecule has 1 aromatic heterocycles. The van der Waals surface area contributed by atoms with E-state index in [2.05, 4.69) is 15.4 Å². The number of amidine groups is 1. The van der Waals surface area contributed by atoms with Crippen LogP contribution in [-0.2, 0) is 12.8 Å². The predicted molar refractivity (Wildman–Crippen MR) is 79.3 cm³/mol. The zero-order chi connectivity index (χ0) is 14.7. The molecule has 1 aromatic carbocycles. The lowest BCUT2D eigenvalue weighted by molar-refractivity contribution is 0.318. The summed E-state index contributed by atoms with van der Waals surface area (Å²) in [6, 6.07) is 5.29. The fourth-order valence-electron chi connectivity index (χ4n) is 1.54. The monoisotopic (exact) mass is 311 g/mol. The minimum absolute atomic E-state index is 0.0371. The summed E-state index contributed by atoms with van der Waals surface area (Å²) in [6.45, 7) is 1.90. The number of hydrogen-bond donors (Lipinski definition) is 2. The van der Waals surface area contributed by atoms with Crippen LogP contribution in [0.3, 0.4) is 0 Å². The molecule has 0 spiro atoms. The van der Waals surface area contributed by atoms with Crippen molar-refractivity contribution in [1.82, 2.24) is 14.8 Å². The Balaban J connectivity index is 2.13. The van der Waals surface area contributed by atoms with E-state index in [1.807, 2.05) is 24.6 Å². The van der Waals surface area contributed by atoms with Crippen LogP contribution in [0.15, 0.2) is 28.5 Å². The maximum Gasteiger partial charge on any atom is 0.191 e. The molecule has 0 aliphatic heterocycles. The summed E-state index contributed by atoms with van der Waals surface area (Å²) in [7, 11) is 1.92. The van der Waals surface area contributed by atoms with E-state index >= 15 is 0 Å². The first kappa shape index (κ1) is 14.7. The zero-order valence-electron chi connectivity index (χ0n) is 11.0. The SMILES string of the molecule is Cc1nnc(SCc2ccc(/C(N)=N/O)cc2Cl)n1C. The smallest absolute Gasteiger partial charge is 0.191 e. The Morgan fingerprint density at radius 1 is 1.50 bits per heavy atom. The summed E-state index contributed by atoms with van der Waals surface area (Å²) >= 11 is 7.74. The van der Waals surface area contributed by atoms with Gasteiger partial charge in [0.25, 0.3) is 0 Å². The quantitative estimate of drug-likeness (QED) is 0.297. The largest absolute Gasteiger partial charge is 0.409 e. The average molecular weight is 312 g/mol. The lowest BCUT2D eigenvalue weighted by atomic mass is 10.1. The van der Waals surface area contributed by atoms with E-state index in [0.717, 1.165) is 16.5 Å². The molecule has 0 amide bonds. The van der Waals surface area contributed by atoms with Crippen LogP contribution in [0.5, 0.6) is 0 Å². The molecule has 0 bridgehead atoms. The van der Waals surface area contributed by atoms with Gasteiger partial charge >= 0.3 is 0 Å². The second-order valence-electron chi connectivity index (χ2n) is 4.17. The summed E-state index contributed by atoms with van der Waals surface area (Å²) in [6.07, 6.45) is 0. The summed E-state index contributed by atoms with van der Waals surface area (Å²) in [5.74, 6) is 1.57. The standard InChI is InChI=1S/C12H14ClN5OS/c1-7-15-16-12(18(7)2)20-6-9-4-3-8(5-10(9)13)11(14)17-19/h3-5,19H,6H2,1-2H3,(H2,14,17). The van der Waals surface area contributed by atoms with Crippen molar-refractivity contribution < 1.29 is 5.21 Å². The molecule has 0 atom stereocenters. The van der Waals surface area contributed by atoms with Gasteiger partial charge in [-0.15, -0.1) is 10.2 Å². The van der Waals surface area contributed by atoms with Crippen molar-refractivity contribution in [3.63, 3.8) is 0 Å². The number of hydrogen-bond acceptors (Lipinski definition) is 5. The van der Waals surface area contributed by atoms with Crippen molar-refractivity contribution in [2.45, 2.75) is 17.8 Å². The van der Waals surface area contributed by atoms with Gasteiger partial charge in [-0.1, -0.05) is 40.7 Å². The van der Waals surface area contributed by atoms with Crippen molar-refractivity contribution in [3.8, 4) is 0 Å². The van der Waals surface area contributed by atoms with E-state index in [4.69, 9.17) is 22.5 Å². The van der Waals surface area contributed by atoms with Gasteiger partial charge in [0.15, 0.2) is 11.0 Å². The molecule has 0 aliphatic carbocycles.